The van der Waals surface area contributed by atoms with Crippen LogP contribution < -0.4 is 4.90 Å². The standard InChI is InChI=1S/C63H44N2O/c1-63(2)57-19-11-9-17-51(57)53-39-55-54-37-46(27-35-59(54)65(60(55)40-58(53)63)49-32-23-44(24-33-49)42-15-7-4-8-16-42)45-25-30-48(31-26-45)64(47-28-21-43(22-29-47)41-13-5-3-6-14-41)50-34-36-62-56(38-50)52-18-10-12-20-61(52)66-62/h3-40H,1-2H3. The van der Waals surface area contributed by atoms with Crippen molar-refractivity contribution in [1.82, 2.24) is 4.57 Å². The summed E-state index contributed by atoms with van der Waals surface area (Å²) in [6.45, 7) is 4.73. The van der Waals surface area contributed by atoms with Gasteiger partial charge in [0.1, 0.15) is 11.2 Å². The lowest BCUT2D eigenvalue weighted by atomic mass is 9.82. The summed E-state index contributed by atoms with van der Waals surface area (Å²) in [6, 6.07) is 83.9. The molecule has 0 saturated heterocycles. The summed E-state index contributed by atoms with van der Waals surface area (Å²) in [5.41, 5.74) is 21.0. The molecule has 0 aliphatic heterocycles. The van der Waals surface area contributed by atoms with Crippen molar-refractivity contribution >= 4 is 60.8 Å². The Bertz CT molecular complexity index is 3800. The zero-order chi connectivity index (χ0) is 43.9. The van der Waals surface area contributed by atoms with Crippen LogP contribution in [0.3, 0.4) is 0 Å². The molecule has 312 valence electrons. The highest BCUT2D eigenvalue weighted by Gasteiger charge is 2.36. The highest BCUT2D eigenvalue weighted by Crippen LogP contribution is 2.51. The summed E-state index contributed by atoms with van der Waals surface area (Å²) < 4.78 is 8.72. The fraction of sp³-hybridized carbons (Fsp3) is 0.0476. The molecule has 66 heavy (non-hydrogen) atoms. The zero-order valence-electron chi connectivity index (χ0n) is 36.7. The number of anilines is 3. The number of nitrogens with zero attached hydrogens (tertiary/aromatic N) is 2. The molecule has 13 rings (SSSR count). The minimum Gasteiger partial charge on any atom is -0.456 e. The Balaban J connectivity index is 0.938. The average Bonchev–Trinajstić information content (AvgIpc) is 3.99. The maximum absolute atomic E-state index is 6.26. The maximum atomic E-state index is 6.26. The summed E-state index contributed by atoms with van der Waals surface area (Å²) >= 11 is 0. The predicted octanol–water partition coefficient (Wildman–Crippen LogP) is 17.5. The highest BCUT2D eigenvalue weighted by molar-refractivity contribution is 6.13. The number of hydrogen-bond acceptors (Lipinski definition) is 2. The van der Waals surface area contributed by atoms with Gasteiger partial charge in [-0.2, -0.15) is 0 Å². The second-order valence-electron chi connectivity index (χ2n) is 18.1. The molecule has 0 radical (unpaired) electrons. The van der Waals surface area contributed by atoms with E-state index in [1.54, 1.807) is 0 Å². The van der Waals surface area contributed by atoms with Gasteiger partial charge in [-0.3, -0.25) is 0 Å². The van der Waals surface area contributed by atoms with E-state index in [1.807, 2.05) is 12.1 Å². The average molecular weight is 845 g/mol. The van der Waals surface area contributed by atoms with Crippen LogP contribution in [-0.4, -0.2) is 4.57 Å². The van der Waals surface area contributed by atoms with Crippen LogP contribution in [0.2, 0.25) is 0 Å². The number of hydrogen-bond donors (Lipinski definition) is 0. The lowest BCUT2D eigenvalue weighted by Gasteiger charge is -2.26. The Labute approximate surface area is 384 Å². The zero-order valence-corrected chi connectivity index (χ0v) is 36.7. The first kappa shape index (κ1) is 38.1. The molecule has 0 saturated carbocycles. The lowest BCUT2D eigenvalue weighted by Crippen LogP contribution is -2.14. The fourth-order valence-corrected chi connectivity index (χ4v) is 10.6. The molecular weight excluding hydrogens is 801 g/mol. The van der Waals surface area contributed by atoms with Crippen molar-refractivity contribution in [2.45, 2.75) is 19.3 Å². The van der Waals surface area contributed by atoms with Gasteiger partial charge in [-0.05, 0) is 141 Å². The monoisotopic (exact) mass is 844 g/mol. The molecule has 2 aromatic heterocycles. The Kier molecular flexibility index (Phi) is 8.56. The summed E-state index contributed by atoms with van der Waals surface area (Å²) in [6.07, 6.45) is 0. The Morgan fingerprint density at radius 1 is 0.348 bits per heavy atom. The van der Waals surface area contributed by atoms with E-state index in [0.717, 1.165) is 50.3 Å². The first-order chi connectivity index (χ1) is 32.5. The molecular formula is C63H44N2O. The van der Waals surface area contributed by atoms with Crippen LogP contribution in [0, 0.1) is 0 Å². The minimum absolute atomic E-state index is 0.110. The van der Waals surface area contributed by atoms with E-state index in [9.17, 15) is 0 Å². The van der Waals surface area contributed by atoms with E-state index in [1.165, 1.54) is 71.9 Å². The van der Waals surface area contributed by atoms with Crippen molar-refractivity contribution in [2.24, 2.45) is 0 Å². The third kappa shape index (κ3) is 6.04. The van der Waals surface area contributed by atoms with Gasteiger partial charge in [0.2, 0.25) is 0 Å². The van der Waals surface area contributed by atoms with Crippen LogP contribution in [0.4, 0.5) is 17.1 Å². The summed E-state index contributed by atoms with van der Waals surface area (Å²) in [5, 5.41) is 4.71. The quantitative estimate of drug-likeness (QED) is 0.159. The van der Waals surface area contributed by atoms with Gasteiger partial charge in [0, 0.05) is 49.7 Å². The minimum atomic E-state index is -0.110. The van der Waals surface area contributed by atoms with Gasteiger partial charge in [-0.15, -0.1) is 0 Å². The van der Waals surface area contributed by atoms with E-state index in [0.29, 0.717) is 0 Å². The van der Waals surface area contributed by atoms with E-state index < -0.39 is 0 Å². The molecule has 0 amide bonds. The third-order valence-corrected chi connectivity index (χ3v) is 14.0. The molecule has 0 spiro atoms. The van der Waals surface area contributed by atoms with Crippen molar-refractivity contribution in [2.75, 3.05) is 4.90 Å². The van der Waals surface area contributed by atoms with Crippen molar-refractivity contribution in [3.05, 3.63) is 242 Å². The Morgan fingerprint density at radius 2 is 0.879 bits per heavy atom. The van der Waals surface area contributed by atoms with Gasteiger partial charge in [0.05, 0.1) is 11.0 Å². The van der Waals surface area contributed by atoms with Crippen molar-refractivity contribution < 1.29 is 4.42 Å². The molecule has 0 bridgehead atoms. The smallest absolute Gasteiger partial charge is 0.135 e. The number of fused-ring (bicyclic) bond motifs is 9. The molecule has 1 aliphatic rings. The molecule has 3 nitrogen and oxygen atoms in total. The van der Waals surface area contributed by atoms with Gasteiger partial charge in [-0.25, -0.2) is 0 Å². The van der Waals surface area contributed by atoms with E-state index in [2.05, 4.69) is 242 Å². The lowest BCUT2D eigenvalue weighted by molar-refractivity contribution is 0.661. The number of rotatable bonds is 7. The number of aromatic nitrogens is 1. The second kappa shape index (κ2) is 14.8. The van der Waals surface area contributed by atoms with Crippen LogP contribution in [0.1, 0.15) is 25.0 Å². The van der Waals surface area contributed by atoms with Gasteiger partial charge in [0.15, 0.2) is 0 Å². The van der Waals surface area contributed by atoms with Gasteiger partial charge >= 0.3 is 0 Å². The van der Waals surface area contributed by atoms with E-state index in [4.69, 9.17) is 4.42 Å². The van der Waals surface area contributed by atoms with Crippen LogP contribution in [0.5, 0.6) is 0 Å². The second-order valence-corrected chi connectivity index (χ2v) is 18.1. The predicted molar refractivity (Wildman–Crippen MR) is 277 cm³/mol. The van der Waals surface area contributed by atoms with Crippen LogP contribution >= 0.6 is 0 Å². The molecule has 2 heterocycles. The largest absolute Gasteiger partial charge is 0.456 e. The van der Waals surface area contributed by atoms with Gasteiger partial charge < -0.3 is 13.9 Å². The van der Waals surface area contributed by atoms with Gasteiger partial charge in [0.25, 0.3) is 0 Å². The summed E-state index contributed by atoms with van der Waals surface area (Å²) in [7, 11) is 0. The van der Waals surface area contributed by atoms with Crippen molar-refractivity contribution in [1.29, 1.82) is 0 Å². The van der Waals surface area contributed by atoms with Crippen LogP contribution in [-0.2, 0) is 5.41 Å². The molecule has 0 atom stereocenters. The maximum Gasteiger partial charge on any atom is 0.135 e. The van der Waals surface area contributed by atoms with Crippen LogP contribution in [0.15, 0.2) is 235 Å². The first-order valence-electron chi connectivity index (χ1n) is 22.8. The topological polar surface area (TPSA) is 21.3 Å². The molecule has 10 aromatic carbocycles. The normalized spacial score (nSPS) is 12.8. The molecule has 0 unspecified atom stereocenters. The van der Waals surface area contributed by atoms with Crippen molar-refractivity contribution in [3.63, 3.8) is 0 Å². The Morgan fingerprint density at radius 3 is 1.58 bits per heavy atom. The number of furan rings is 1. The number of para-hydroxylation sites is 1. The highest BCUT2D eigenvalue weighted by atomic mass is 16.3. The summed E-state index contributed by atoms with van der Waals surface area (Å²) in [5.74, 6) is 0. The molecule has 0 fully saturated rings. The van der Waals surface area contributed by atoms with Gasteiger partial charge in [-0.1, -0.05) is 159 Å². The third-order valence-electron chi connectivity index (χ3n) is 14.0. The van der Waals surface area contributed by atoms with E-state index >= 15 is 0 Å². The fourth-order valence-electron chi connectivity index (χ4n) is 10.6. The molecule has 3 heteroatoms. The molecule has 0 N–H and O–H groups in total. The molecule has 12 aromatic rings. The molecule has 1 aliphatic carbocycles. The Hall–Kier alpha value is -8.40. The van der Waals surface area contributed by atoms with E-state index in [-0.39, 0.29) is 5.41 Å². The van der Waals surface area contributed by atoms with Crippen LogP contribution in [0.25, 0.3) is 93.9 Å². The SMILES string of the molecule is CC1(C)c2ccccc2-c2cc3c4cc(-c5ccc(N(c6ccc(-c7ccccc7)cc6)c6ccc7oc8ccccc8c7c6)cc5)ccc4n(-c4ccc(-c5ccccc5)cc4)c3cc21. The summed E-state index contributed by atoms with van der Waals surface area (Å²) in [4.78, 5) is 2.35. The van der Waals surface area contributed by atoms with Crippen molar-refractivity contribution in [3.8, 4) is 50.2 Å². The first-order valence-corrected chi connectivity index (χ1v) is 22.8. The number of benzene rings is 10.